The Morgan fingerprint density at radius 1 is 1.35 bits per heavy atom. The van der Waals surface area contributed by atoms with Crippen LogP contribution in [-0.4, -0.2) is 18.7 Å². The van der Waals surface area contributed by atoms with Crippen molar-refractivity contribution in [2.45, 2.75) is 48.9 Å². The topological polar surface area (TPSA) is 47.0 Å². The van der Waals surface area contributed by atoms with Crippen molar-refractivity contribution < 1.29 is 8.42 Å². The molecule has 0 aliphatic heterocycles. The Labute approximate surface area is 112 Å². The van der Waals surface area contributed by atoms with Gasteiger partial charge in [-0.25, -0.2) is 13.4 Å². The maximum absolute atomic E-state index is 12.2. The van der Waals surface area contributed by atoms with E-state index in [4.69, 9.17) is 0 Å². The van der Waals surface area contributed by atoms with E-state index >= 15 is 0 Å². The highest BCUT2D eigenvalue weighted by molar-refractivity contribution is 7.91. The molecule has 17 heavy (non-hydrogen) atoms. The molecule has 6 heteroatoms. The Balaban J connectivity index is 2.05. The van der Waals surface area contributed by atoms with Crippen molar-refractivity contribution in [3.8, 4) is 0 Å². The number of hydrogen-bond donors (Lipinski definition) is 1. The molecule has 0 unspecified atom stereocenters. The summed E-state index contributed by atoms with van der Waals surface area (Å²) in [6.07, 6.45) is 6.64. The Kier molecular flexibility index (Phi) is 4.49. The first kappa shape index (κ1) is 13.4. The molecular weight excluding hydrogens is 274 g/mol. The zero-order valence-electron chi connectivity index (χ0n) is 9.63. The van der Waals surface area contributed by atoms with Gasteiger partial charge in [-0.2, -0.15) is 12.6 Å². The van der Waals surface area contributed by atoms with Crippen LogP contribution in [0.15, 0.2) is 6.20 Å². The second-order valence-corrected chi connectivity index (χ2v) is 8.24. The quantitative estimate of drug-likeness (QED) is 0.868. The average Bonchev–Trinajstić information content (AvgIpc) is 2.77. The first-order chi connectivity index (χ1) is 8.12. The first-order valence-corrected chi connectivity index (χ1v) is 9.04. The monoisotopic (exact) mass is 291 g/mol. The Morgan fingerprint density at radius 3 is 2.65 bits per heavy atom. The summed E-state index contributed by atoms with van der Waals surface area (Å²) < 4.78 is 24.4. The molecule has 1 aromatic rings. The standard InChI is InChI=1S/C11H17NO2S3/c13-17(14,10-4-2-1-3-5-10)8-11-12-6-9(7-15)16-11/h6,10,15H,1-5,7-8H2. The molecule has 96 valence electrons. The van der Waals surface area contributed by atoms with E-state index in [1.54, 1.807) is 6.20 Å². The summed E-state index contributed by atoms with van der Waals surface area (Å²) in [6.45, 7) is 0. The lowest BCUT2D eigenvalue weighted by molar-refractivity contribution is 0.483. The third-order valence-electron chi connectivity index (χ3n) is 3.14. The normalized spacial score (nSPS) is 18.4. The molecule has 0 spiro atoms. The molecule has 1 heterocycles. The van der Waals surface area contributed by atoms with Gasteiger partial charge in [-0.1, -0.05) is 19.3 Å². The van der Waals surface area contributed by atoms with E-state index in [-0.39, 0.29) is 11.0 Å². The van der Waals surface area contributed by atoms with Crippen LogP contribution in [0.3, 0.4) is 0 Å². The summed E-state index contributed by atoms with van der Waals surface area (Å²) in [5.74, 6) is 0.733. The second kappa shape index (κ2) is 5.71. The van der Waals surface area contributed by atoms with Crippen molar-refractivity contribution >= 4 is 33.8 Å². The highest BCUT2D eigenvalue weighted by Gasteiger charge is 2.28. The number of sulfone groups is 1. The molecule has 0 bridgehead atoms. The van der Waals surface area contributed by atoms with Gasteiger partial charge in [0.25, 0.3) is 0 Å². The fourth-order valence-corrected chi connectivity index (χ4v) is 5.49. The van der Waals surface area contributed by atoms with Crippen LogP contribution >= 0.6 is 24.0 Å². The van der Waals surface area contributed by atoms with E-state index in [9.17, 15) is 8.42 Å². The SMILES string of the molecule is O=S(=O)(Cc1ncc(CS)s1)C1CCCCC1. The summed E-state index contributed by atoms with van der Waals surface area (Å²) in [5.41, 5.74) is 0. The molecule has 1 aliphatic carbocycles. The van der Waals surface area contributed by atoms with E-state index in [2.05, 4.69) is 17.6 Å². The summed E-state index contributed by atoms with van der Waals surface area (Å²) in [7, 11) is -3.01. The van der Waals surface area contributed by atoms with E-state index in [1.165, 1.54) is 17.8 Å². The summed E-state index contributed by atoms with van der Waals surface area (Å²) in [6, 6.07) is 0. The van der Waals surface area contributed by atoms with Gasteiger partial charge in [0.2, 0.25) is 0 Å². The molecular formula is C11H17NO2S3. The Morgan fingerprint density at radius 2 is 2.06 bits per heavy atom. The maximum Gasteiger partial charge on any atom is 0.159 e. The van der Waals surface area contributed by atoms with Gasteiger partial charge in [-0.05, 0) is 12.8 Å². The van der Waals surface area contributed by atoms with Crippen LogP contribution in [0.25, 0.3) is 0 Å². The zero-order valence-corrected chi connectivity index (χ0v) is 12.2. The lowest BCUT2D eigenvalue weighted by Gasteiger charge is -2.21. The molecule has 0 atom stereocenters. The van der Waals surface area contributed by atoms with Crippen LogP contribution in [0.4, 0.5) is 0 Å². The Hall–Kier alpha value is -0.0700. The minimum atomic E-state index is -3.01. The molecule has 0 radical (unpaired) electrons. The zero-order chi connectivity index (χ0) is 12.3. The first-order valence-electron chi connectivity index (χ1n) is 5.88. The van der Waals surface area contributed by atoms with E-state index < -0.39 is 9.84 Å². The van der Waals surface area contributed by atoms with Gasteiger partial charge >= 0.3 is 0 Å². The second-order valence-electron chi connectivity index (χ2n) is 4.45. The molecule has 1 fully saturated rings. The van der Waals surface area contributed by atoms with Gasteiger partial charge in [-0.15, -0.1) is 11.3 Å². The van der Waals surface area contributed by atoms with Gasteiger partial charge in [0.05, 0.1) is 5.25 Å². The molecule has 2 rings (SSSR count). The van der Waals surface area contributed by atoms with E-state index in [0.29, 0.717) is 10.8 Å². The summed E-state index contributed by atoms with van der Waals surface area (Å²) in [5, 5.41) is 0.569. The fraction of sp³-hybridized carbons (Fsp3) is 0.727. The van der Waals surface area contributed by atoms with Crippen molar-refractivity contribution in [3.05, 3.63) is 16.1 Å². The predicted octanol–water partition coefficient (Wildman–Crippen LogP) is 2.82. The molecule has 1 aromatic heterocycles. The molecule has 0 saturated heterocycles. The van der Waals surface area contributed by atoms with Crippen LogP contribution in [0.2, 0.25) is 0 Å². The summed E-state index contributed by atoms with van der Waals surface area (Å²) >= 11 is 5.61. The van der Waals surface area contributed by atoms with Crippen LogP contribution in [0.1, 0.15) is 42.0 Å². The maximum atomic E-state index is 12.2. The highest BCUT2D eigenvalue weighted by atomic mass is 32.2. The van der Waals surface area contributed by atoms with Gasteiger partial charge in [0.1, 0.15) is 10.8 Å². The lowest BCUT2D eigenvalue weighted by atomic mass is 10.0. The van der Waals surface area contributed by atoms with Crippen LogP contribution < -0.4 is 0 Å². The molecule has 1 saturated carbocycles. The lowest BCUT2D eigenvalue weighted by Crippen LogP contribution is -2.25. The largest absolute Gasteiger partial charge is 0.248 e. The smallest absolute Gasteiger partial charge is 0.159 e. The number of hydrogen-bond acceptors (Lipinski definition) is 5. The predicted molar refractivity (Wildman–Crippen MR) is 74.3 cm³/mol. The van der Waals surface area contributed by atoms with Gasteiger partial charge in [-0.3, -0.25) is 0 Å². The average molecular weight is 291 g/mol. The minimum absolute atomic E-state index is 0.107. The summed E-state index contributed by atoms with van der Waals surface area (Å²) in [4.78, 5) is 5.19. The van der Waals surface area contributed by atoms with Crippen LogP contribution in [0.5, 0.6) is 0 Å². The van der Waals surface area contributed by atoms with Crippen molar-refractivity contribution in [2.24, 2.45) is 0 Å². The van der Waals surface area contributed by atoms with Gasteiger partial charge in [0.15, 0.2) is 9.84 Å². The molecule has 0 amide bonds. The number of nitrogens with zero attached hydrogens (tertiary/aromatic N) is 1. The third-order valence-corrected chi connectivity index (χ3v) is 7.04. The van der Waals surface area contributed by atoms with Crippen molar-refractivity contribution in [1.82, 2.24) is 4.98 Å². The number of thiol groups is 1. The molecule has 0 aromatic carbocycles. The van der Waals surface area contributed by atoms with Crippen molar-refractivity contribution in [2.75, 3.05) is 0 Å². The van der Waals surface area contributed by atoms with Gasteiger partial charge in [0, 0.05) is 16.8 Å². The highest BCUT2D eigenvalue weighted by Crippen LogP contribution is 2.27. The molecule has 0 N–H and O–H groups in total. The van der Waals surface area contributed by atoms with Gasteiger partial charge < -0.3 is 0 Å². The van der Waals surface area contributed by atoms with Crippen molar-refractivity contribution in [3.63, 3.8) is 0 Å². The van der Waals surface area contributed by atoms with Crippen molar-refractivity contribution in [1.29, 1.82) is 0 Å². The minimum Gasteiger partial charge on any atom is -0.248 e. The van der Waals surface area contributed by atoms with Crippen LogP contribution in [0, 0.1) is 0 Å². The fourth-order valence-electron chi connectivity index (χ4n) is 2.20. The molecule has 1 aliphatic rings. The van der Waals surface area contributed by atoms with Crippen LogP contribution in [-0.2, 0) is 21.3 Å². The molecule has 3 nitrogen and oxygen atoms in total. The number of thiazole rings is 1. The number of rotatable bonds is 4. The third kappa shape index (κ3) is 3.45. The van der Waals surface area contributed by atoms with E-state index in [1.807, 2.05) is 0 Å². The van der Waals surface area contributed by atoms with E-state index in [0.717, 1.165) is 30.6 Å². The number of aromatic nitrogens is 1. The Bertz CT molecular complexity index is 461.